The van der Waals surface area contributed by atoms with E-state index in [-0.39, 0.29) is 0 Å². The van der Waals surface area contributed by atoms with Crippen molar-refractivity contribution in [2.24, 2.45) is 5.73 Å². The summed E-state index contributed by atoms with van der Waals surface area (Å²) in [6.45, 7) is 10.5. The average molecular weight is 569 g/mol. The lowest BCUT2D eigenvalue weighted by molar-refractivity contribution is 0.1000. The summed E-state index contributed by atoms with van der Waals surface area (Å²) in [5, 5.41) is 8.89. The number of aryl methyl sites for hydroxylation is 1. The van der Waals surface area contributed by atoms with Crippen molar-refractivity contribution in [3.63, 3.8) is 0 Å². The summed E-state index contributed by atoms with van der Waals surface area (Å²) >= 11 is 0. The molecule has 0 spiro atoms. The fraction of sp³-hybridized carbons (Fsp3) is 0.290. The largest absolute Gasteiger partial charge is 0.378 e. The molecule has 0 atom stereocenters. The minimum atomic E-state index is -0.473. The number of anilines is 1. The zero-order valence-corrected chi connectivity index (χ0v) is 24.0. The molecule has 11 heteroatoms. The van der Waals surface area contributed by atoms with Gasteiger partial charge in [0.15, 0.2) is 22.8 Å². The number of amides is 1. The molecule has 4 aromatic rings. The number of aromatic nitrogens is 4. The first-order valence-electron chi connectivity index (χ1n) is 13.9. The molecule has 1 aliphatic rings. The molecule has 5 rings (SSSR count). The number of nitrogens with zero attached hydrogens (tertiary/aromatic N) is 6. The zero-order valence-electron chi connectivity index (χ0n) is 24.0. The Hall–Kier alpha value is -4.58. The molecule has 218 valence electrons. The maximum Gasteiger partial charge on any atom is 0.248 e. The number of imidazole rings is 1. The van der Waals surface area contributed by atoms with Crippen LogP contribution in [0.3, 0.4) is 0 Å². The lowest BCUT2D eigenvalue weighted by atomic mass is 10.1. The van der Waals surface area contributed by atoms with Gasteiger partial charge in [-0.25, -0.2) is 15.0 Å². The molecular formula is C31H36N8O3. The number of ether oxygens (including phenoxy) is 1. The van der Waals surface area contributed by atoms with Gasteiger partial charge in [0.2, 0.25) is 5.91 Å². The number of hydroxylamine groups is 1. The first-order valence-corrected chi connectivity index (χ1v) is 13.9. The molecule has 0 saturated carbocycles. The number of hydrogen-bond donors (Lipinski definition) is 3. The van der Waals surface area contributed by atoms with Gasteiger partial charge >= 0.3 is 0 Å². The molecule has 4 N–H and O–H groups in total. The summed E-state index contributed by atoms with van der Waals surface area (Å²) in [5.74, 6) is 1.80. The van der Waals surface area contributed by atoms with E-state index in [1.165, 1.54) is 5.56 Å². The van der Waals surface area contributed by atoms with E-state index in [4.69, 9.17) is 30.6 Å². The highest BCUT2D eigenvalue weighted by Crippen LogP contribution is 2.29. The highest BCUT2D eigenvalue weighted by Gasteiger charge is 2.23. The summed E-state index contributed by atoms with van der Waals surface area (Å²) in [4.78, 5) is 31.0. The number of carbonyl (C=O) groups excluding carboxylic acids is 1. The standard InChI is InChI=1S/C31H36N8O3/c1-4-39-26(20-37(3)19-23-9-7-22(8-10-23)6-5-21(2)36-41)33-27-30(38-15-17-42-18-16-38)34-29(35-31(27)39)25-13-11-24(12-14-25)28(32)40/h5-14,36,41H,2,4,15-20H2,1,3H3,(H2,32,40)/b6-5+. The quantitative estimate of drug-likeness (QED) is 0.183. The van der Waals surface area contributed by atoms with E-state index in [9.17, 15) is 4.79 Å². The first kappa shape index (κ1) is 28.9. The van der Waals surface area contributed by atoms with Crippen molar-refractivity contribution in [3.05, 3.63) is 89.4 Å². The fourth-order valence-electron chi connectivity index (χ4n) is 4.97. The van der Waals surface area contributed by atoms with Gasteiger partial charge in [-0.05, 0) is 43.3 Å². The van der Waals surface area contributed by atoms with E-state index in [2.05, 4.69) is 47.0 Å². The van der Waals surface area contributed by atoms with Crippen molar-refractivity contribution in [2.75, 3.05) is 38.3 Å². The van der Waals surface area contributed by atoms with E-state index in [1.54, 1.807) is 18.2 Å². The minimum Gasteiger partial charge on any atom is -0.378 e. The predicted molar refractivity (Wildman–Crippen MR) is 163 cm³/mol. The van der Waals surface area contributed by atoms with Crippen LogP contribution in [0.4, 0.5) is 5.82 Å². The number of nitrogens with one attached hydrogen (secondary N) is 1. The van der Waals surface area contributed by atoms with Crippen molar-refractivity contribution in [3.8, 4) is 11.4 Å². The van der Waals surface area contributed by atoms with Gasteiger partial charge < -0.3 is 19.9 Å². The monoisotopic (exact) mass is 568 g/mol. The smallest absolute Gasteiger partial charge is 0.248 e. The van der Waals surface area contributed by atoms with Gasteiger partial charge in [-0.1, -0.05) is 49.1 Å². The van der Waals surface area contributed by atoms with Crippen molar-refractivity contribution >= 4 is 29.0 Å². The number of carbonyl (C=O) groups is 1. The van der Waals surface area contributed by atoms with Gasteiger partial charge in [-0.3, -0.25) is 20.4 Å². The topological polar surface area (TPSA) is 135 Å². The number of morpholine rings is 1. The van der Waals surface area contributed by atoms with Crippen LogP contribution in [0.5, 0.6) is 0 Å². The second-order valence-corrected chi connectivity index (χ2v) is 10.2. The number of fused-ring (bicyclic) bond motifs is 1. The van der Waals surface area contributed by atoms with Crippen LogP contribution in [0.2, 0.25) is 0 Å². The van der Waals surface area contributed by atoms with Gasteiger partial charge in [0, 0.05) is 37.3 Å². The Morgan fingerprint density at radius 1 is 1.10 bits per heavy atom. The Morgan fingerprint density at radius 2 is 1.81 bits per heavy atom. The third-order valence-corrected chi connectivity index (χ3v) is 7.17. The molecule has 2 aromatic heterocycles. The molecule has 0 unspecified atom stereocenters. The van der Waals surface area contributed by atoms with Crippen LogP contribution in [-0.2, 0) is 24.4 Å². The maximum absolute atomic E-state index is 11.6. The third kappa shape index (κ3) is 6.49. The van der Waals surface area contributed by atoms with E-state index < -0.39 is 5.91 Å². The lowest BCUT2D eigenvalue weighted by Crippen LogP contribution is -2.37. The molecule has 3 heterocycles. The Labute approximate surface area is 244 Å². The SMILES string of the molecule is C=C(/C=C/c1ccc(CN(C)Cc2nc3c(N4CCOCC4)nc(-c4ccc(C(N)=O)cc4)nc3n2CC)cc1)NO. The van der Waals surface area contributed by atoms with E-state index in [1.807, 2.05) is 35.8 Å². The third-order valence-electron chi connectivity index (χ3n) is 7.17. The van der Waals surface area contributed by atoms with Crippen LogP contribution in [0.1, 0.15) is 34.2 Å². The maximum atomic E-state index is 11.6. The molecule has 1 saturated heterocycles. The molecule has 11 nitrogen and oxygen atoms in total. The summed E-state index contributed by atoms with van der Waals surface area (Å²) < 4.78 is 7.75. The van der Waals surface area contributed by atoms with E-state index >= 15 is 0 Å². The molecule has 1 aliphatic heterocycles. The number of benzene rings is 2. The van der Waals surface area contributed by atoms with Crippen LogP contribution in [-0.4, -0.2) is 68.9 Å². The van der Waals surface area contributed by atoms with Crippen LogP contribution in [0.15, 0.2) is 66.9 Å². The van der Waals surface area contributed by atoms with Crippen LogP contribution < -0.4 is 16.1 Å². The van der Waals surface area contributed by atoms with Gasteiger partial charge in [0.05, 0.1) is 25.5 Å². The van der Waals surface area contributed by atoms with Crippen LogP contribution in [0.25, 0.3) is 28.6 Å². The number of allylic oxidation sites excluding steroid dienone is 1. The highest BCUT2D eigenvalue weighted by molar-refractivity contribution is 5.93. The normalized spacial score (nSPS) is 13.8. The van der Waals surface area contributed by atoms with E-state index in [0.29, 0.717) is 43.4 Å². The molecule has 0 bridgehead atoms. The van der Waals surface area contributed by atoms with Gasteiger partial charge in [0.1, 0.15) is 5.82 Å². The molecule has 1 amide bonds. The fourth-order valence-corrected chi connectivity index (χ4v) is 4.97. The molecule has 2 aromatic carbocycles. The van der Waals surface area contributed by atoms with Crippen LogP contribution >= 0.6 is 0 Å². The predicted octanol–water partition coefficient (Wildman–Crippen LogP) is 3.59. The van der Waals surface area contributed by atoms with Gasteiger partial charge in [-0.15, -0.1) is 0 Å². The number of primary amides is 1. The number of hydrogen-bond acceptors (Lipinski definition) is 9. The lowest BCUT2D eigenvalue weighted by Gasteiger charge is -2.28. The number of nitrogens with two attached hydrogens (primary N) is 1. The minimum absolute atomic E-state index is 0.423. The van der Waals surface area contributed by atoms with Crippen molar-refractivity contribution in [1.82, 2.24) is 29.9 Å². The molecule has 0 radical (unpaired) electrons. The zero-order chi connectivity index (χ0) is 29.6. The molecule has 42 heavy (non-hydrogen) atoms. The van der Waals surface area contributed by atoms with Crippen molar-refractivity contribution in [2.45, 2.75) is 26.6 Å². The van der Waals surface area contributed by atoms with Crippen molar-refractivity contribution < 1.29 is 14.7 Å². The second kappa shape index (κ2) is 12.9. The molecular weight excluding hydrogens is 532 g/mol. The molecule has 1 fully saturated rings. The van der Waals surface area contributed by atoms with Crippen LogP contribution in [0, 0.1) is 0 Å². The highest BCUT2D eigenvalue weighted by atomic mass is 16.5. The van der Waals surface area contributed by atoms with E-state index in [0.717, 1.165) is 53.6 Å². The molecule has 0 aliphatic carbocycles. The van der Waals surface area contributed by atoms with Gasteiger partial charge in [0.25, 0.3) is 0 Å². The first-order chi connectivity index (χ1) is 20.4. The Morgan fingerprint density at radius 3 is 2.45 bits per heavy atom. The Kier molecular flexibility index (Phi) is 8.91. The summed E-state index contributed by atoms with van der Waals surface area (Å²) in [6, 6.07) is 15.3. The summed E-state index contributed by atoms with van der Waals surface area (Å²) in [7, 11) is 2.07. The average Bonchev–Trinajstić information content (AvgIpc) is 3.37. The Bertz CT molecular complexity index is 1590. The summed E-state index contributed by atoms with van der Waals surface area (Å²) in [6.07, 6.45) is 3.60. The number of rotatable bonds is 11. The van der Waals surface area contributed by atoms with Crippen molar-refractivity contribution in [1.29, 1.82) is 0 Å². The van der Waals surface area contributed by atoms with Gasteiger partial charge in [-0.2, -0.15) is 0 Å². The second-order valence-electron chi connectivity index (χ2n) is 10.2. The summed E-state index contributed by atoms with van der Waals surface area (Å²) in [5.41, 5.74) is 12.9. The Balaban J connectivity index is 1.44.